The van der Waals surface area contributed by atoms with Gasteiger partial charge < -0.3 is 26.4 Å². The van der Waals surface area contributed by atoms with Gasteiger partial charge in [-0.15, -0.1) is 0 Å². The largest absolute Gasteiger partial charge is 0.412 e. The maximum Gasteiger partial charge on any atom is 0.412 e. The van der Waals surface area contributed by atoms with Crippen LogP contribution in [0, 0.1) is 5.82 Å². The lowest BCUT2D eigenvalue weighted by atomic mass is 10.3. The van der Waals surface area contributed by atoms with Crippen molar-refractivity contribution >= 4 is 35.2 Å². The molecule has 0 unspecified atom stereocenters. The number of hydrogen-bond donors (Lipinski definition) is 4. The number of carbonyl (C=O) groups excluding carboxylic acids is 1. The summed E-state index contributed by atoms with van der Waals surface area (Å²) in [5.74, 6) is 0.383. The van der Waals surface area contributed by atoms with E-state index in [1.807, 2.05) is 0 Å². The monoisotopic (exact) mass is 369 g/mol. The summed E-state index contributed by atoms with van der Waals surface area (Å²) in [6.45, 7) is 0. The number of hydrogen-bond acceptors (Lipinski definition) is 8. The fourth-order valence-electron chi connectivity index (χ4n) is 2.08. The number of nitrogens with zero attached hydrogens (tertiary/aromatic N) is 3. The Hall–Kier alpha value is -3.95. The van der Waals surface area contributed by atoms with Gasteiger partial charge in [-0.3, -0.25) is 0 Å². The SMILES string of the molecule is CNC(=O)Oc1cccc(Nc2ncc(F)c(Nc3cccc(N)n3)n2)c1. The Bertz CT molecular complexity index is 968. The Balaban J connectivity index is 1.78. The highest BCUT2D eigenvalue weighted by Gasteiger charge is 2.09. The lowest BCUT2D eigenvalue weighted by Gasteiger charge is -2.10. The van der Waals surface area contributed by atoms with Gasteiger partial charge in [-0.1, -0.05) is 12.1 Å². The average Bonchev–Trinajstić information content (AvgIpc) is 2.65. The molecule has 138 valence electrons. The van der Waals surface area contributed by atoms with Crippen LogP contribution in [0.3, 0.4) is 0 Å². The van der Waals surface area contributed by atoms with Gasteiger partial charge in [0, 0.05) is 18.8 Å². The molecule has 0 bridgehead atoms. The van der Waals surface area contributed by atoms with E-state index in [-0.39, 0.29) is 11.8 Å². The first-order valence-electron chi connectivity index (χ1n) is 7.82. The first-order valence-corrected chi connectivity index (χ1v) is 7.82. The van der Waals surface area contributed by atoms with E-state index >= 15 is 0 Å². The molecule has 0 radical (unpaired) electrons. The molecule has 9 nitrogen and oxygen atoms in total. The van der Waals surface area contributed by atoms with E-state index in [0.29, 0.717) is 23.1 Å². The number of anilines is 5. The average molecular weight is 369 g/mol. The summed E-state index contributed by atoms with van der Waals surface area (Å²) < 4.78 is 19.1. The molecule has 0 spiro atoms. The number of rotatable bonds is 5. The number of amides is 1. The minimum Gasteiger partial charge on any atom is -0.410 e. The molecule has 0 atom stereocenters. The number of nitrogens with two attached hydrogens (primary N) is 1. The molecule has 0 fully saturated rings. The molecule has 2 aromatic heterocycles. The highest BCUT2D eigenvalue weighted by Crippen LogP contribution is 2.22. The molecule has 0 aliphatic heterocycles. The first kappa shape index (κ1) is 17.9. The fraction of sp³-hybridized carbons (Fsp3) is 0.0588. The van der Waals surface area contributed by atoms with Crippen LogP contribution in [0.2, 0.25) is 0 Å². The molecule has 0 saturated heterocycles. The van der Waals surface area contributed by atoms with Crippen molar-refractivity contribution in [2.75, 3.05) is 23.4 Å². The Labute approximate surface area is 153 Å². The van der Waals surface area contributed by atoms with Gasteiger partial charge in [-0.05, 0) is 24.3 Å². The van der Waals surface area contributed by atoms with Gasteiger partial charge in [0.25, 0.3) is 0 Å². The third-order valence-electron chi connectivity index (χ3n) is 3.27. The second-order valence-corrected chi connectivity index (χ2v) is 5.26. The van der Waals surface area contributed by atoms with Crippen LogP contribution >= 0.6 is 0 Å². The van der Waals surface area contributed by atoms with E-state index in [9.17, 15) is 9.18 Å². The molecule has 0 saturated carbocycles. The van der Waals surface area contributed by atoms with Gasteiger partial charge in [0.2, 0.25) is 5.95 Å². The number of nitrogen functional groups attached to an aromatic ring is 1. The Morgan fingerprint density at radius 2 is 1.96 bits per heavy atom. The number of nitrogens with one attached hydrogen (secondary N) is 3. The van der Waals surface area contributed by atoms with E-state index in [1.54, 1.807) is 42.5 Å². The van der Waals surface area contributed by atoms with Crippen LogP contribution in [0.1, 0.15) is 0 Å². The second kappa shape index (κ2) is 7.95. The van der Waals surface area contributed by atoms with Crippen molar-refractivity contribution in [1.29, 1.82) is 0 Å². The predicted octanol–water partition coefficient (Wildman–Crippen LogP) is 2.80. The van der Waals surface area contributed by atoms with E-state index < -0.39 is 11.9 Å². The van der Waals surface area contributed by atoms with Crippen LogP contribution in [-0.4, -0.2) is 28.1 Å². The van der Waals surface area contributed by atoms with Crippen molar-refractivity contribution in [2.45, 2.75) is 0 Å². The minimum absolute atomic E-state index is 0.0663. The van der Waals surface area contributed by atoms with E-state index in [1.165, 1.54) is 7.05 Å². The van der Waals surface area contributed by atoms with Gasteiger partial charge in [-0.2, -0.15) is 4.98 Å². The third kappa shape index (κ3) is 4.78. The number of halogens is 1. The quantitative estimate of drug-likeness (QED) is 0.541. The van der Waals surface area contributed by atoms with Gasteiger partial charge in [-0.25, -0.2) is 19.2 Å². The standard InChI is InChI=1S/C17H16FN7O2/c1-20-17(26)27-11-5-2-4-10(8-11)22-16-21-9-12(18)15(25-16)24-14-7-3-6-13(19)23-14/h2-9H,1H3,(H,20,26)(H4,19,21,22,23,24,25). The van der Waals surface area contributed by atoms with E-state index in [0.717, 1.165) is 6.20 Å². The van der Waals surface area contributed by atoms with Crippen LogP contribution < -0.4 is 26.4 Å². The summed E-state index contributed by atoms with van der Waals surface area (Å²) in [7, 11) is 1.46. The van der Waals surface area contributed by atoms with E-state index in [2.05, 4.69) is 30.9 Å². The molecule has 27 heavy (non-hydrogen) atoms. The number of benzene rings is 1. The van der Waals surface area contributed by atoms with Crippen molar-refractivity contribution < 1.29 is 13.9 Å². The lowest BCUT2D eigenvalue weighted by molar-refractivity contribution is 0.203. The van der Waals surface area contributed by atoms with Crippen LogP contribution in [-0.2, 0) is 0 Å². The number of ether oxygens (including phenoxy) is 1. The van der Waals surface area contributed by atoms with Crippen LogP contribution in [0.5, 0.6) is 5.75 Å². The topological polar surface area (TPSA) is 127 Å². The van der Waals surface area contributed by atoms with Crippen molar-refractivity contribution in [2.24, 2.45) is 0 Å². The van der Waals surface area contributed by atoms with Crippen molar-refractivity contribution in [1.82, 2.24) is 20.3 Å². The summed E-state index contributed by atoms with van der Waals surface area (Å²) in [5.41, 5.74) is 6.16. The number of carbonyl (C=O) groups is 1. The zero-order chi connectivity index (χ0) is 19.2. The fourth-order valence-corrected chi connectivity index (χ4v) is 2.08. The Morgan fingerprint density at radius 3 is 2.74 bits per heavy atom. The molecule has 5 N–H and O–H groups in total. The molecular formula is C17H16FN7O2. The highest BCUT2D eigenvalue weighted by atomic mass is 19.1. The van der Waals surface area contributed by atoms with Gasteiger partial charge >= 0.3 is 6.09 Å². The van der Waals surface area contributed by atoms with Crippen LogP contribution in [0.25, 0.3) is 0 Å². The molecule has 3 aromatic rings. The Morgan fingerprint density at radius 1 is 1.15 bits per heavy atom. The molecule has 2 heterocycles. The van der Waals surface area contributed by atoms with Crippen molar-refractivity contribution in [3.63, 3.8) is 0 Å². The molecule has 10 heteroatoms. The molecule has 0 aliphatic carbocycles. The van der Waals surface area contributed by atoms with Gasteiger partial charge in [0.1, 0.15) is 17.4 Å². The maximum absolute atomic E-state index is 14.0. The normalized spacial score (nSPS) is 10.1. The van der Waals surface area contributed by atoms with Gasteiger partial charge in [0.05, 0.1) is 6.20 Å². The molecular weight excluding hydrogens is 353 g/mol. The first-order chi connectivity index (χ1) is 13.0. The Kier molecular flexibility index (Phi) is 5.26. The minimum atomic E-state index is -0.651. The van der Waals surface area contributed by atoms with Crippen molar-refractivity contribution in [3.8, 4) is 5.75 Å². The highest BCUT2D eigenvalue weighted by molar-refractivity contribution is 5.70. The number of pyridine rings is 1. The summed E-state index contributed by atoms with van der Waals surface area (Å²) in [5, 5.41) is 8.02. The second-order valence-electron chi connectivity index (χ2n) is 5.26. The van der Waals surface area contributed by atoms with E-state index in [4.69, 9.17) is 10.5 Å². The predicted molar refractivity (Wildman–Crippen MR) is 98.7 cm³/mol. The van der Waals surface area contributed by atoms with Gasteiger partial charge in [0.15, 0.2) is 11.6 Å². The zero-order valence-corrected chi connectivity index (χ0v) is 14.2. The lowest BCUT2D eigenvalue weighted by Crippen LogP contribution is -2.22. The molecule has 0 aliphatic rings. The smallest absolute Gasteiger partial charge is 0.410 e. The third-order valence-corrected chi connectivity index (χ3v) is 3.27. The summed E-state index contributed by atoms with van der Waals surface area (Å²) >= 11 is 0. The summed E-state index contributed by atoms with van der Waals surface area (Å²) in [4.78, 5) is 23.3. The molecule has 1 amide bonds. The van der Waals surface area contributed by atoms with Crippen molar-refractivity contribution in [3.05, 3.63) is 54.5 Å². The van der Waals surface area contributed by atoms with Crippen LogP contribution in [0.15, 0.2) is 48.7 Å². The zero-order valence-electron chi connectivity index (χ0n) is 14.2. The number of aromatic nitrogens is 3. The maximum atomic E-state index is 14.0. The van der Waals surface area contributed by atoms with Crippen LogP contribution in [0.4, 0.5) is 38.3 Å². The summed E-state index contributed by atoms with van der Waals surface area (Å²) in [6.07, 6.45) is 0.431. The summed E-state index contributed by atoms with van der Waals surface area (Å²) in [6, 6.07) is 11.5. The molecule has 3 rings (SSSR count). The molecule has 1 aromatic carbocycles.